The van der Waals surface area contributed by atoms with Gasteiger partial charge < -0.3 is 5.11 Å². The first kappa shape index (κ1) is 14.1. The van der Waals surface area contributed by atoms with Crippen LogP contribution in [0, 0.1) is 17.1 Å². The summed E-state index contributed by atoms with van der Waals surface area (Å²) in [6.45, 7) is 4.76. The van der Waals surface area contributed by atoms with E-state index in [4.69, 9.17) is 5.41 Å². The van der Waals surface area contributed by atoms with Crippen LogP contribution in [0.3, 0.4) is 0 Å². The van der Waals surface area contributed by atoms with Crippen LogP contribution in [0.15, 0.2) is 35.6 Å². The minimum Gasteiger partial charge on any atom is -0.511 e. The van der Waals surface area contributed by atoms with Gasteiger partial charge in [-0.05, 0) is 31.2 Å². The summed E-state index contributed by atoms with van der Waals surface area (Å²) in [5.41, 5.74) is 0.291. The lowest BCUT2D eigenvalue weighted by molar-refractivity contribution is -0.113. The molecule has 96 valence electrons. The molecule has 0 radical (unpaired) electrons. The lowest BCUT2D eigenvalue weighted by atomic mass is 9.95. The van der Waals surface area contributed by atoms with Gasteiger partial charge in [-0.1, -0.05) is 13.8 Å². The van der Waals surface area contributed by atoms with Gasteiger partial charge in [-0.2, -0.15) is 0 Å². The minimum atomic E-state index is -0.409. The van der Waals surface area contributed by atoms with Crippen molar-refractivity contribution >= 4 is 11.5 Å². The summed E-state index contributed by atoms with van der Waals surface area (Å²) in [5.74, 6) is -1.15. The van der Waals surface area contributed by atoms with Crippen molar-refractivity contribution < 1.29 is 14.3 Å². The molecule has 0 aromatic heterocycles. The summed E-state index contributed by atoms with van der Waals surface area (Å²) in [6, 6.07) is 5.25. The number of carbonyl (C=O) groups excluding carboxylic acids is 1. The lowest BCUT2D eigenvalue weighted by Gasteiger charge is -2.12. The highest BCUT2D eigenvalue weighted by molar-refractivity contribution is 6.27. The standard InChI is InChI=1S/C14H16FNO2/c1-8(2)14(18)12(9(3)17)13(16)10-4-6-11(15)7-5-10/h4-8,16,18H,1-3H3. The van der Waals surface area contributed by atoms with E-state index in [1.807, 2.05) is 0 Å². The van der Waals surface area contributed by atoms with Crippen molar-refractivity contribution in [3.8, 4) is 0 Å². The third-order valence-corrected chi connectivity index (χ3v) is 2.54. The van der Waals surface area contributed by atoms with Gasteiger partial charge in [-0.15, -0.1) is 0 Å². The van der Waals surface area contributed by atoms with Gasteiger partial charge in [0.05, 0.1) is 11.3 Å². The van der Waals surface area contributed by atoms with Crippen molar-refractivity contribution in [3.63, 3.8) is 0 Å². The molecule has 1 rings (SSSR count). The Kier molecular flexibility index (Phi) is 4.37. The number of hydrogen-bond donors (Lipinski definition) is 2. The topological polar surface area (TPSA) is 61.2 Å². The highest BCUT2D eigenvalue weighted by Gasteiger charge is 2.19. The summed E-state index contributed by atoms with van der Waals surface area (Å²) in [6.07, 6.45) is 0. The number of allylic oxidation sites excluding steroid dienone is 2. The van der Waals surface area contributed by atoms with Gasteiger partial charge in [0.2, 0.25) is 0 Å². The number of Topliss-reactive ketones (excluding diaryl/α,β-unsaturated/α-hetero) is 1. The SMILES string of the molecule is CC(=O)C(C(=N)c1ccc(F)cc1)=C(O)C(C)C. The largest absolute Gasteiger partial charge is 0.511 e. The van der Waals surface area contributed by atoms with E-state index >= 15 is 0 Å². The van der Waals surface area contributed by atoms with E-state index in [1.165, 1.54) is 31.2 Å². The Hall–Kier alpha value is -1.97. The summed E-state index contributed by atoms with van der Waals surface area (Å²) in [4.78, 5) is 11.5. The number of carbonyl (C=O) groups is 1. The van der Waals surface area contributed by atoms with E-state index in [-0.39, 0.29) is 28.7 Å². The van der Waals surface area contributed by atoms with E-state index < -0.39 is 5.82 Å². The van der Waals surface area contributed by atoms with Crippen molar-refractivity contribution in [2.24, 2.45) is 5.92 Å². The molecule has 0 saturated carbocycles. The second-order valence-corrected chi connectivity index (χ2v) is 4.35. The first-order valence-electron chi connectivity index (χ1n) is 5.63. The Morgan fingerprint density at radius 2 is 1.78 bits per heavy atom. The molecule has 0 heterocycles. The molecule has 0 spiro atoms. The third kappa shape index (κ3) is 3.03. The molecule has 2 N–H and O–H groups in total. The Morgan fingerprint density at radius 3 is 2.17 bits per heavy atom. The van der Waals surface area contributed by atoms with Gasteiger partial charge in [-0.3, -0.25) is 10.2 Å². The maximum absolute atomic E-state index is 12.8. The predicted molar refractivity (Wildman–Crippen MR) is 68.4 cm³/mol. The lowest BCUT2D eigenvalue weighted by Crippen LogP contribution is -2.16. The molecule has 18 heavy (non-hydrogen) atoms. The molecule has 0 aliphatic carbocycles. The van der Waals surface area contributed by atoms with Crippen LogP contribution in [0.5, 0.6) is 0 Å². The van der Waals surface area contributed by atoms with Crippen LogP contribution < -0.4 is 0 Å². The van der Waals surface area contributed by atoms with Crippen LogP contribution in [0.25, 0.3) is 0 Å². The Balaban J connectivity index is 3.24. The molecular weight excluding hydrogens is 233 g/mol. The number of hydrogen-bond acceptors (Lipinski definition) is 3. The Labute approximate surface area is 105 Å². The average Bonchev–Trinajstić information content (AvgIpc) is 2.29. The van der Waals surface area contributed by atoms with Crippen molar-refractivity contribution in [1.82, 2.24) is 0 Å². The van der Waals surface area contributed by atoms with Crippen molar-refractivity contribution in [2.45, 2.75) is 20.8 Å². The van der Waals surface area contributed by atoms with Crippen LogP contribution >= 0.6 is 0 Å². The van der Waals surface area contributed by atoms with Gasteiger partial charge in [0.15, 0.2) is 5.78 Å². The second kappa shape index (κ2) is 5.58. The summed E-state index contributed by atoms with van der Waals surface area (Å²) >= 11 is 0. The number of aliphatic hydroxyl groups is 1. The molecule has 4 heteroatoms. The monoisotopic (exact) mass is 249 g/mol. The maximum atomic E-state index is 12.8. The van der Waals surface area contributed by atoms with Crippen LogP contribution in [0.2, 0.25) is 0 Å². The molecule has 3 nitrogen and oxygen atoms in total. The molecule has 0 saturated heterocycles. The number of rotatable bonds is 4. The fourth-order valence-electron chi connectivity index (χ4n) is 1.53. The van der Waals surface area contributed by atoms with Gasteiger partial charge in [-0.25, -0.2) is 4.39 Å². The van der Waals surface area contributed by atoms with Crippen LogP contribution in [-0.2, 0) is 4.79 Å². The molecular formula is C14H16FNO2. The highest BCUT2D eigenvalue weighted by atomic mass is 19.1. The molecule has 0 fully saturated rings. The average molecular weight is 249 g/mol. The zero-order chi connectivity index (χ0) is 13.9. The smallest absolute Gasteiger partial charge is 0.165 e. The van der Waals surface area contributed by atoms with E-state index in [0.29, 0.717) is 5.56 Å². The third-order valence-electron chi connectivity index (χ3n) is 2.54. The number of nitrogens with one attached hydrogen (secondary N) is 1. The molecule has 0 unspecified atom stereocenters. The Bertz CT molecular complexity index is 501. The first-order chi connectivity index (χ1) is 8.34. The highest BCUT2D eigenvalue weighted by Crippen LogP contribution is 2.18. The molecule has 0 aliphatic heterocycles. The maximum Gasteiger partial charge on any atom is 0.165 e. The van der Waals surface area contributed by atoms with E-state index in [1.54, 1.807) is 13.8 Å². The van der Waals surface area contributed by atoms with Gasteiger partial charge >= 0.3 is 0 Å². The molecule has 0 aliphatic rings. The van der Waals surface area contributed by atoms with E-state index in [2.05, 4.69) is 0 Å². The number of aliphatic hydroxyl groups excluding tert-OH is 1. The zero-order valence-electron chi connectivity index (χ0n) is 10.6. The Morgan fingerprint density at radius 1 is 1.28 bits per heavy atom. The fraction of sp³-hybridized carbons (Fsp3) is 0.286. The van der Waals surface area contributed by atoms with Crippen molar-refractivity contribution in [2.75, 3.05) is 0 Å². The fourth-order valence-corrected chi connectivity index (χ4v) is 1.53. The molecule has 0 bridgehead atoms. The van der Waals surface area contributed by atoms with E-state index in [0.717, 1.165) is 0 Å². The summed E-state index contributed by atoms with van der Waals surface area (Å²) < 4.78 is 12.8. The normalized spacial score (nSPS) is 12.3. The zero-order valence-corrected chi connectivity index (χ0v) is 10.6. The van der Waals surface area contributed by atoms with Gasteiger partial charge in [0, 0.05) is 11.5 Å². The van der Waals surface area contributed by atoms with E-state index in [9.17, 15) is 14.3 Å². The molecule has 0 atom stereocenters. The molecule has 1 aromatic rings. The predicted octanol–water partition coefficient (Wildman–Crippen LogP) is 3.25. The van der Waals surface area contributed by atoms with Crippen molar-refractivity contribution in [3.05, 3.63) is 47.0 Å². The van der Waals surface area contributed by atoms with Crippen LogP contribution in [0.4, 0.5) is 4.39 Å². The van der Waals surface area contributed by atoms with Gasteiger partial charge in [0.1, 0.15) is 11.6 Å². The summed E-state index contributed by atoms with van der Waals surface area (Å²) in [7, 11) is 0. The number of halogens is 1. The quantitative estimate of drug-likeness (QED) is 0.489. The minimum absolute atomic E-state index is 0.0170. The number of ketones is 1. The number of benzene rings is 1. The molecule has 0 amide bonds. The van der Waals surface area contributed by atoms with Crippen LogP contribution in [0.1, 0.15) is 26.3 Å². The summed E-state index contributed by atoms with van der Waals surface area (Å²) in [5, 5.41) is 17.8. The first-order valence-corrected chi connectivity index (χ1v) is 5.63. The second-order valence-electron chi connectivity index (χ2n) is 4.35. The molecule has 1 aromatic carbocycles. The van der Waals surface area contributed by atoms with Gasteiger partial charge in [0.25, 0.3) is 0 Å². The van der Waals surface area contributed by atoms with Crippen molar-refractivity contribution in [1.29, 1.82) is 5.41 Å². The van der Waals surface area contributed by atoms with Crippen LogP contribution in [-0.4, -0.2) is 16.6 Å².